The van der Waals surface area contributed by atoms with Gasteiger partial charge in [0.1, 0.15) is 0 Å². The fourth-order valence-electron chi connectivity index (χ4n) is 5.08. The summed E-state index contributed by atoms with van der Waals surface area (Å²) in [5.41, 5.74) is 2.38. The first-order valence-electron chi connectivity index (χ1n) is 9.90. The molecule has 7 heteroatoms. The SMILES string of the molecule is N#Cc1ccc(S(=O)(=O)N2c3ccc(Br)cc3C3(CCSCC3)C2C2CC2)cc1. The minimum Gasteiger partial charge on any atom is -0.262 e. The molecule has 1 aliphatic carbocycles. The molecular formula is C22H21BrN2O2S2. The van der Waals surface area contributed by atoms with Crippen molar-refractivity contribution in [2.45, 2.75) is 42.0 Å². The standard InChI is InChI=1S/C22H21BrN2O2S2/c23-17-5-8-20-19(13-17)22(9-11-28-12-10-22)21(16-3-4-16)25(20)29(26,27)18-6-1-15(14-24)2-7-18/h1-2,5-8,13,16,21H,3-4,9-12H2. The average molecular weight is 489 g/mol. The summed E-state index contributed by atoms with van der Waals surface area (Å²) in [7, 11) is -3.72. The molecule has 2 heterocycles. The highest BCUT2D eigenvalue weighted by Gasteiger charge is 2.59. The number of hydrogen-bond acceptors (Lipinski definition) is 4. The molecular weight excluding hydrogens is 468 g/mol. The first kappa shape index (κ1) is 19.5. The van der Waals surface area contributed by atoms with E-state index in [1.165, 1.54) is 5.56 Å². The van der Waals surface area contributed by atoms with Crippen molar-refractivity contribution >= 4 is 43.4 Å². The van der Waals surface area contributed by atoms with Crippen molar-refractivity contribution < 1.29 is 8.42 Å². The molecule has 1 atom stereocenters. The van der Waals surface area contributed by atoms with Crippen molar-refractivity contribution in [3.63, 3.8) is 0 Å². The zero-order valence-corrected chi connectivity index (χ0v) is 19.1. The molecule has 0 bridgehead atoms. The Labute approximate surface area is 184 Å². The molecule has 1 saturated heterocycles. The quantitative estimate of drug-likeness (QED) is 0.604. The van der Waals surface area contributed by atoms with Crippen LogP contribution in [-0.4, -0.2) is 26.0 Å². The van der Waals surface area contributed by atoms with Crippen LogP contribution in [0.3, 0.4) is 0 Å². The van der Waals surface area contributed by atoms with Crippen LogP contribution in [-0.2, 0) is 15.4 Å². The third-order valence-corrected chi connectivity index (χ3v) is 9.83. The summed E-state index contributed by atoms with van der Waals surface area (Å²) in [5, 5.41) is 9.07. The Morgan fingerprint density at radius 2 is 1.79 bits per heavy atom. The number of halogens is 1. The van der Waals surface area contributed by atoms with Crippen LogP contribution in [0, 0.1) is 17.2 Å². The molecule has 29 heavy (non-hydrogen) atoms. The molecule has 0 radical (unpaired) electrons. The maximum atomic E-state index is 13.9. The first-order valence-corrected chi connectivity index (χ1v) is 13.3. The molecule has 2 aromatic rings. The zero-order chi connectivity index (χ0) is 20.2. The highest BCUT2D eigenvalue weighted by Crippen LogP contribution is 2.59. The summed E-state index contributed by atoms with van der Waals surface area (Å²) in [6.45, 7) is 0. The highest BCUT2D eigenvalue weighted by molar-refractivity contribution is 9.10. The highest BCUT2D eigenvalue weighted by atomic mass is 79.9. The Morgan fingerprint density at radius 3 is 2.41 bits per heavy atom. The molecule has 1 unspecified atom stereocenters. The summed E-state index contributed by atoms with van der Waals surface area (Å²) in [6, 6.07) is 14.4. The van der Waals surface area contributed by atoms with Gasteiger partial charge in [-0.25, -0.2) is 8.42 Å². The van der Waals surface area contributed by atoms with Crippen LogP contribution in [0.25, 0.3) is 0 Å². The number of fused-ring (bicyclic) bond motifs is 2. The number of sulfonamides is 1. The summed E-state index contributed by atoms with van der Waals surface area (Å²) in [6.07, 6.45) is 4.21. The van der Waals surface area contributed by atoms with Gasteiger partial charge in [-0.1, -0.05) is 15.9 Å². The fourth-order valence-corrected chi connectivity index (χ4v) is 8.46. The monoisotopic (exact) mass is 488 g/mol. The normalized spacial score (nSPS) is 23.0. The lowest BCUT2D eigenvalue weighted by Gasteiger charge is -2.41. The van der Waals surface area contributed by atoms with E-state index in [9.17, 15) is 8.42 Å². The minimum atomic E-state index is -3.72. The van der Waals surface area contributed by atoms with Crippen LogP contribution in [0.5, 0.6) is 0 Å². The van der Waals surface area contributed by atoms with E-state index in [2.05, 4.69) is 28.1 Å². The Hall–Kier alpha value is -1.49. The summed E-state index contributed by atoms with van der Waals surface area (Å²) in [4.78, 5) is 0.262. The van der Waals surface area contributed by atoms with Crippen molar-refractivity contribution in [2.75, 3.05) is 15.8 Å². The Balaban J connectivity index is 1.70. The Morgan fingerprint density at radius 1 is 1.10 bits per heavy atom. The predicted octanol–water partition coefficient (Wildman–Crippen LogP) is 5.07. The number of hydrogen-bond donors (Lipinski definition) is 0. The van der Waals surface area contributed by atoms with Gasteiger partial charge in [0.2, 0.25) is 0 Å². The van der Waals surface area contributed by atoms with Gasteiger partial charge in [0.05, 0.1) is 28.3 Å². The minimum absolute atomic E-state index is 0.0201. The molecule has 4 nitrogen and oxygen atoms in total. The second-order valence-corrected chi connectivity index (χ2v) is 12.1. The lowest BCUT2D eigenvalue weighted by Crippen LogP contribution is -2.50. The van der Waals surface area contributed by atoms with Gasteiger partial charge in [-0.15, -0.1) is 0 Å². The fraction of sp³-hybridized carbons (Fsp3) is 0.409. The van der Waals surface area contributed by atoms with Crippen molar-refractivity contribution in [1.82, 2.24) is 0 Å². The average Bonchev–Trinajstić information content (AvgIpc) is 3.54. The van der Waals surface area contributed by atoms with Crippen molar-refractivity contribution in [2.24, 2.45) is 5.92 Å². The summed E-state index contributed by atoms with van der Waals surface area (Å²) >= 11 is 5.58. The van der Waals surface area contributed by atoms with Gasteiger partial charge in [-0.05, 0) is 91.1 Å². The van der Waals surface area contributed by atoms with E-state index in [4.69, 9.17) is 5.26 Å². The smallest absolute Gasteiger partial charge is 0.262 e. The maximum Gasteiger partial charge on any atom is 0.264 e. The number of thioether (sulfide) groups is 1. The molecule has 2 aromatic carbocycles. The third kappa shape index (κ3) is 3.03. The van der Waals surface area contributed by atoms with E-state index < -0.39 is 10.0 Å². The molecule has 0 N–H and O–H groups in total. The number of benzene rings is 2. The second-order valence-electron chi connectivity index (χ2n) is 8.15. The molecule has 5 rings (SSSR count). The molecule has 2 fully saturated rings. The third-order valence-electron chi connectivity index (χ3n) is 6.55. The van der Waals surface area contributed by atoms with Gasteiger partial charge in [0.15, 0.2) is 0 Å². The number of nitrogens with zero attached hydrogens (tertiary/aromatic N) is 2. The first-order chi connectivity index (χ1) is 14.0. The maximum absolute atomic E-state index is 13.9. The number of rotatable bonds is 3. The van der Waals surface area contributed by atoms with Gasteiger partial charge in [0.25, 0.3) is 10.0 Å². The van der Waals surface area contributed by atoms with Crippen LogP contribution < -0.4 is 4.31 Å². The van der Waals surface area contributed by atoms with Gasteiger partial charge in [-0.2, -0.15) is 17.0 Å². The van der Waals surface area contributed by atoms with Crippen molar-refractivity contribution in [3.8, 4) is 6.07 Å². The summed E-state index contributed by atoms with van der Waals surface area (Å²) in [5.74, 6) is 2.55. The van der Waals surface area contributed by atoms with Gasteiger partial charge >= 0.3 is 0 Å². The van der Waals surface area contributed by atoms with Crippen molar-refractivity contribution in [1.29, 1.82) is 5.26 Å². The molecule has 1 saturated carbocycles. The molecule has 150 valence electrons. The predicted molar refractivity (Wildman–Crippen MR) is 120 cm³/mol. The van der Waals surface area contributed by atoms with Crippen LogP contribution in [0.15, 0.2) is 51.8 Å². The molecule has 2 aliphatic heterocycles. The van der Waals surface area contributed by atoms with Gasteiger partial charge < -0.3 is 0 Å². The molecule has 0 aromatic heterocycles. The van der Waals surface area contributed by atoms with E-state index in [1.54, 1.807) is 28.6 Å². The van der Waals surface area contributed by atoms with Crippen LogP contribution in [0.4, 0.5) is 5.69 Å². The Kier molecular flexibility index (Phi) is 4.73. The lowest BCUT2D eigenvalue weighted by atomic mass is 9.70. The largest absolute Gasteiger partial charge is 0.264 e. The van der Waals surface area contributed by atoms with Crippen molar-refractivity contribution in [3.05, 3.63) is 58.1 Å². The number of nitriles is 1. The van der Waals surface area contributed by atoms with E-state index in [1.807, 2.05) is 23.9 Å². The van der Waals surface area contributed by atoms with Crippen LogP contribution >= 0.6 is 27.7 Å². The zero-order valence-electron chi connectivity index (χ0n) is 15.8. The Bertz CT molecular complexity index is 1100. The molecule has 0 amide bonds. The van der Waals surface area contributed by atoms with Gasteiger partial charge in [-0.3, -0.25) is 4.31 Å². The topological polar surface area (TPSA) is 61.2 Å². The van der Waals surface area contributed by atoms with Crippen LogP contribution in [0.1, 0.15) is 36.8 Å². The molecule has 3 aliphatic rings. The van der Waals surface area contributed by atoms with E-state index in [-0.39, 0.29) is 16.4 Å². The van der Waals surface area contributed by atoms with Crippen LogP contribution in [0.2, 0.25) is 0 Å². The molecule has 1 spiro atoms. The summed E-state index contributed by atoms with van der Waals surface area (Å²) < 4.78 is 30.5. The van der Waals surface area contributed by atoms with E-state index >= 15 is 0 Å². The second kappa shape index (κ2) is 7.04. The number of anilines is 1. The van der Waals surface area contributed by atoms with E-state index in [0.29, 0.717) is 11.5 Å². The van der Waals surface area contributed by atoms with E-state index in [0.717, 1.165) is 47.3 Å². The lowest BCUT2D eigenvalue weighted by molar-refractivity contribution is 0.315. The van der Waals surface area contributed by atoms with Gasteiger partial charge in [0, 0.05) is 9.89 Å².